The Morgan fingerprint density at radius 3 is 3.08 bits per heavy atom. The third-order valence-electron chi connectivity index (χ3n) is 1.62. The van der Waals surface area contributed by atoms with Crippen molar-refractivity contribution < 1.29 is 9.53 Å². The molecule has 0 saturated heterocycles. The van der Waals surface area contributed by atoms with Gasteiger partial charge in [0.05, 0.1) is 6.61 Å². The largest absolute Gasteiger partial charge is 0.368 e. The van der Waals surface area contributed by atoms with Gasteiger partial charge in [-0.05, 0) is 17.9 Å². The monoisotopic (exact) mass is 198 g/mol. The molecule has 0 aliphatic carbocycles. The highest BCUT2D eigenvalue weighted by molar-refractivity contribution is 7.09. The smallest absolute Gasteiger partial charge is 0.158 e. The molecule has 1 heterocycles. The van der Waals surface area contributed by atoms with E-state index in [4.69, 9.17) is 4.74 Å². The van der Waals surface area contributed by atoms with E-state index in [-0.39, 0.29) is 12.4 Å². The van der Waals surface area contributed by atoms with Gasteiger partial charge in [-0.2, -0.15) is 0 Å². The molecule has 0 aliphatic heterocycles. The summed E-state index contributed by atoms with van der Waals surface area (Å²) in [7, 11) is 0. The first-order valence-electron chi connectivity index (χ1n) is 4.44. The summed E-state index contributed by atoms with van der Waals surface area (Å²) in [6, 6.07) is 3.99. The lowest BCUT2D eigenvalue weighted by atomic mass is 10.2. The van der Waals surface area contributed by atoms with Crippen molar-refractivity contribution in [3.05, 3.63) is 22.4 Å². The number of hydrogen-bond donors (Lipinski definition) is 0. The molecule has 0 N–H and O–H groups in total. The van der Waals surface area contributed by atoms with Crippen molar-refractivity contribution in [1.29, 1.82) is 0 Å². The number of Topliss-reactive ketones (excluding diaryl/α,β-unsaturated/α-hetero) is 1. The van der Waals surface area contributed by atoms with Crippen molar-refractivity contribution in [3.63, 3.8) is 0 Å². The lowest BCUT2D eigenvalue weighted by molar-refractivity contribution is -0.123. The molecule has 0 unspecified atom stereocenters. The van der Waals surface area contributed by atoms with Gasteiger partial charge in [-0.15, -0.1) is 11.3 Å². The van der Waals surface area contributed by atoms with Crippen LogP contribution in [0.3, 0.4) is 0 Å². The minimum Gasteiger partial charge on any atom is -0.368 e. The average Bonchev–Trinajstić information content (AvgIpc) is 2.57. The van der Waals surface area contributed by atoms with Gasteiger partial charge in [-0.25, -0.2) is 0 Å². The second-order valence-corrected chi connectivity index (χ2v) is 3.89. The first-order chi connectivity index (χ1) is 6.33. The molecule has 0 aliphatic rings. The van der Waals surface area contributed by atoms with Crippen molar-refractivity contribution >= 4 is 17.1 Å². The summed E-state index contributed by atoms with van der Waals surface area (Å²) >= 11 is 1.65. The fourth-order valence-electron chi connectivity index (χ4n) is 1.01. The van der Waals surface area contributed by atoms with Crippen molar-refractivity contribution in [2.75, 3.05) is 6.61 Å². The first kappa shape index (κ1) is 10.4. The predicted molar refractivity (Wildman–Crippen MR) is 53.9 cm³/mol. The van der Waals surface area contributed by atoms with Crippen LogP contribution >= 0.6 is 11.3 Å². The molecular weight excluding hydrogens is 184 g/mol. The Morgan fingerprint density at radius 2 is 2.46 bits per heavy atom. The molecule has 1 aromatic heterocycles. The number of ether oxygens (including phenoxy) is 1. The van der Waals surface area contributed by atoms with E-state index >= 15 is 0 Å². The summed E-state index contributed by atoms with van der Waals surface area (Å²) in [6.45, 7) is 2.82. The maximum atomic E-state index is 11.0. The van der Waals surface area contributed by atoms with Crippen molar-refractivity contribution in [3.8, 4) is 0 Å². The lowest BCUT2D eigenvalue weighted by Gasteiger charge is -2.00. The molecule has 0 radical (unpaired) electrons. The van der Waals surface area contributed by atoms with Gasteiger partial charge in [-0.1, -0.05) is 13.0 Å². The molecule has 0 amide bonds. The molecule has 0 aromatic carbocycles. The Hall–Kier alpha value is -0.670. The Bertz CT molecular complexity index is 241. The van der Waals surface area contributed by atoms with Crippen LogP contribution in [0.4, 0.5) is 0 Å². The van der Waals surface area contributed by atoms with Crippen LogP contribution in [0.5, 0.6) is 0 Å². The van der Waals surface area contributed by atoms with Crippen molar-refractivity contribution in [1.82, 2.24) is 0 Å². The van der Waals surface area contributed by atoms with Gasteiger partial charge >= 0.3 is 0 Å². The fourth-order valence-corrected chi connectivity index (χ4v) is 1.65. The fraction of sp³-hybridized carbons (Fsp3) is 0.500. The Balaban J connectivity index is 2.11. The van der Waals surface area contributed by atoms with Crippen LogP contribution in [0.2, 0.25) is 0 Å². The SMILES string of the molecule is CCCC(=O)COCc1cccs1. The molecule has 13 heavy (non-hydrogen) atoms. The zero-order valence-electron chi connectivity index (χ0n) is 7.79. The van der Waals surface area contributed by atoms with Gasteiger partial charge in [0, 0.05) is 11.3 Å². The standard InChI is InChI=1S/C10H14O2S/c1-2-4-9(11)7-12-8-10-5-3-6-13-10/h3,5-6H,2,4,7-8H2,1H3. The zero-order chi connectivity index (χ0) is 9.52. The molecular formula is C10H14O2S. The number of hydrogen-bond acceptors (Lipinski definition) is 3. The topological polar surface area (TPSA) is 26.3 Å². The van der Waals surface area contributed by atoms with Gasteiger partial charge in [-0.3, -0.25) is 4.79 Å². The van der Waals surface area contributed by atoms with E-state index in [0.717, 1.165) is 6.42 Å². The highest BCUT2D eigenvalue weighted by Crippen LogP contribution is 2.09. The maximum Gasteiger partial charge on any atom is 0.158 e. The number of ketones is 1. The van der Waals surface area contributed by atoms with E-state index in [1.807, 2.05) is 24.4 Å². The summed E-state index contributed by atoms with van der Waals surface area (Å²) in [5.74, 6) is 0.194. The molecule has 0 saturated carbocycles. The lowest BCUT2D eigenvalue weighted by Crippen LogP contribution is -2.07. The molecule has 1 aromatic rings. The second-order valence-electron chi connectivity index (χ2n) is 2.86. The van der Waals surface area contributed by atoms with Crippen molar-refractivity contribution in [2.24, 2.45) is 0 Å². The highest BCUT2D eigenvalue weighted by Gasteiger charge is 2.00. The van der Waals surface area contributed by atoms with Crippen molar-refractivity contribution in [2.45, 2.75) is 26.4 Å². The summed E-state index contributed by atoms with van der Waals surface area (Å²) in [6.07, 6.45) is 1.53. The van der Waals surface area contributed by atoms with E-state index in [9.17, 15) is 4.79 Å². The van der Waals surface area contributed by atoms with Gasteiger partial charge in [0.1, 0.15) is 6.61 Å². The molecule has 0 atom stereocenters. The average molecular weight is 198 g/mol. The van der Waals surface area contributed by atoms with E-state index in [2.05, 4.69) is 0 Å². The summed E-state index contributed by atoms with van der Waals surface area (Å²) in [4.78, 5) is 12.2. The Kier molecular flexibility index (Phi) is 4.72. The van der Waals surface area contributed by atoms with Gasteiger partial charge < -0.3 is 4.74 Å². The van der Waals surface area contributed by atoms with Crippen LogP contribution in [0.15, 0.2) is 17.5 Å². The summed E-state index contributed by atoms with van der Waals surface area (Å²) < 4.78 is 5.25. The van der Waals surface area contributed by atoms with Gasteiger partial charge in [0.2, 0.25) is 0 Å². The van der Waals surface area contributed by atoms with Crippen LogP contribution in [0.25, 0.3) is 0 Å². The molecule has 2 nitrogen and oxygen atoms in total. The Labute approximate surface area is 82.5 Å². The molecule has 0 bridgehead atoms. The number of carbonyl (C=O) groups is 1. The van der Waals surface area contributed by atoms with Crippen LogP contribution < -0.4 is 0 Å². The van der Waals surface area contributed by atoms with Gasteiger partial charge in [0.15, 0.2) is 5.78 Å². The number of thiophene rings is 1. The first-order valence-corrected chi connectivity index (χ1v) is 5.32. The maximum absolute atomic E-state index is 11.0. The molecule has 0 spiro atoms. The minimum atomic E-state index is 0.194. The molecule has 72 valence electrons. The molecule has 0 fully saturated rings. The van der Waals surface area contributed by atoms with Crippen LogP contribution in [-0.4, -0.2) is 12.4 Å². The zero-order valence-corrected chi connectivity index (χ0v) is 8.60. The normalized spacial score (nSPS) is 10.2. The number of rotatable bonds is 6. The molecule has 3 heteroatoms. The van der Waals surface area contributed by atoms with Crippen LogP contribution in [0.1, 0.15) is 24.6 Å². The second kappa shape index (κ2) is 5.89. The highest BCUT2D eigenvalue weighted by atomic mass is 32.1. The minimum absolute atomic E-state index is 0.194. The van der Waals surface area contributed by atoms with Crippen LogP contribution in [-0.2, 0) is 16.1 Å². The van der Waals surface area contributed by atoms with E-state index in [1.54, 1.807) is 11.3 Å². The van der Waals surface area contributed by atoms with Gasteiger partial charge in [0.25, 0.3) is 0 Å². The summed E-state index contributed by atoms with van der Waals surface area (Å²) in [5, 5.41) is 2.01. The quantitative estimate of drug-likeness (QED) is 0.702. The predicted octanol–water partition coefficient (Wildman–Crippen LogP) is 2.63. The third-order valence-corrected chi connectivity index (χ3v) is 2.47. The van der Waals surface area contributed by atoms with Crippen LogP contribution in [0, 0.1) is 0 Å². The molecule has 1 rings (SSSR count). The van der Waals surface area contributed by atoms with E-state index < -0.39 is 0 Å². The van der Waals surface area contributed by atoms with E-state index in [0.29, 0.717) is 13.0 Å². The Morgan fingerprint density at radius 1 is 1.62 bits per heavy atom. The number of carbonyl (C=O) groups excluding carboxylic acids is 1. The summed E-state index contributed by atoms with van der Waals surface area (Å²) in [5.41, 5.74) is 0. The van der Waals surface area contributed by atoms with E-state index in [1.165, 1.54) is 4.88 Å². The third kappa shape index (κ3) is 4.20.